The van der Waals surface area contributed by atoms with E-state index in [0.717, 1.165) is 12.1 Å². The van der Waals surface area contributed by atoms with E-state index in [0.29, 0.717) is 6.04 Å². The molecule has 1 saturated heterocycles. The highest BCUT2D eigenvalue weighted by molar-refractivity contribution is 5.30. The molecule has 2 heteroatoms. The number of aryl methyl sites for hydroxylation is 1. The van der Waals surface area contributed by atoms with Crippen LogP contribution in [0.4, 0.5) is 0 Å². The predicted octanol–water partition coefficient (Wildman–Crippen LogP) is 3.47. The fourth-order valence-corrected chi connectivity index (χ4v) is 2.94. The van der Waals surface area contributed by atoms with Gasteiger partial charge in [-0.05, 0) is 30.5 Å². The average Bonchev–Trinajstić information content (AvgIpc) is 3.28. The van der Waals surface area contributed by atoms with E-state index in [1.807, 2.05) is 24.3 Å². The van der Waals surface area contributed by atoms with Crippen molar-refractivity contribution in [2.75, 3.05) is 6.54 Å². The molecule has 2 aromatic carbocycles. The molecule has 1 heterocycles. The summed E-state index contributed by atoms with van der Waals surface area (Å²) in [6.07, 6.45) is -0.387. The fraction of sp³-hybridized carbons (Fsp3) is 0.333. The van der Waals surface area contributed by atoms with Crippen LogP contribution in [-0.4, -0.2) is 22.6 Å². The summed E-state index contributed by atoms with van der Waals surface area (Å²) < 4.78 is 0. The van der Waals surface area contributed by atoms with Crippen LogP contribution in [0.2, 0.25) is 0 Å². The number of aliphatic hydroxyl groups excluding tert-OH is 1. The van der Waals surface area contributed by atoms with Crippen LogP contribution in [0.25, 0.3) is 0 Å². The Morgan fingerprint density at radius 1 is 1.05 bits per heavy atom. The Morgan fingerprint density at radius 3 is 2.40 bits per heavy atom. The van der Waals surface area contributed by atoms with E-state index in [2.05, 4.69) is 49.1 Å². The van der Waals surface area contributed by atoms with Gasteiger partial charge < -0.3 is 5.11 Å². The molecule has 4 atom stereocenters. The molecule has 0 aliphatic carbocycles. The zero-order chi connectivity index (χ0) is 14.1. The first-order chi connectivity index (χ1) is 9.68. The Balaban J connectivity index is 1.72. The molecular formula is C18H21NO. The summed E-state index contributed by atoms with van der Waals surface area (Å²) in [6, 6.07) is 19.2. The van der Waals surface area contributed by atoms with Crippen molar-refractivity contribution in [3.05, 3.63) is 71.3 Å². The van der Waals surface area contributed by atoms with E-state index in [1.165, 1.54) is 11.1 Å². The molecule has 2 aromatic rings. The van der Waals surface area contributed by atoms with Crippen molar-refractivity contribution in [1.82, 2.24) is 4.90 Å². The van der Waals surface area contributed by atoms with E-state index in [-0.39, 0.29) is 12.1 Å². The smallest absolute Gasteiger partial charge is 0.0960 e. The predicted molar refractivity (Wildman–Crippen MR) is 81.5 cm³/mol. The lowest BCUT2D eigenvalue weighted by Crippen LogP contribution is -2.15. The lowest BCUT2D eigenvalue weighted by atomic mass is 10.0. The first-order valence-electron chi connectivity index (χ1n) is 7.23. The Bertz CT molecular complexity index is 581. The van der Waals surface area contributed by atoms with Crippen LogP contribution in [0, 0.1) is 6.92 Å². The first-order valence-corrected chi connectivity index (χ1v) is 7.23. The van der Waals surface area contributed by atoms with Crippen molar-refractivity contribution < 1.29 is 5.11 Å². The molecule has 1 fully saturated rings. The van der Waals surface area contributed by atoms with Gasteiger partial charge in [0.25, 0.3) is 0 Å². The van der Waals surface area contributed by atoms with Gasteiger partial charge in [-0.3, -0.25) is 4.90 Å². The summed E-state index contributed by atoms with van der Waals surface area (Å²) in [7, 11) is 0. The molecule has 0 spiro atoms. The third-order valence-electron chi connectivity index (χ3n) is 4.34. The highest BCUT2D eigenvalue weighted by atomic mass is 16.3. The van der Waals surface area contributed by atoms with Crippen LogP contribution in [0.1, 0.15) is 35.8 Å². The van der Waals surface area contributed by atoms with E-state index < -0.39 is 0 Å². The Labute approximate surface area is 120 Å². The summed E-state index contributed by atoms with van der Waals surface area (Å²) in [5, 5.41) is 10.6. The molecule has 0 radical (unpaired) electrons. The minimum atomic E-state index is -0.387. The van der Waals surface area contributed by atoms with Crippen molar-refractivity contribution >= 4 is 0 Å². The molecule has 0 aromatic heterocycles. The summed E-state index contributed by atoms with van der Waals surface area (Å²) >= 11 is 0. The fourth-order valence-electron chi connectivity index (χ4n) is 2.94. The molecule has 2 nitrogen and oxygen atoms in total. The number of hydrogen-bond donors (Lipinski definition) is 1. The number of hydrogen-bond acceptors (Lipinski definition) is 2. The summed E-state index contributed by atoms with van der Waals surface area (Å²) in [4.78, 5) is 2.35. The van der Waals surface area contributed by atoms with Gasteiger partial charge in [0, 0.05) is 12.6 Å². The zero-order valence-corrected chi connectivity index (χ0v) is 12.0. The maximum atomic E-state index is 10.6. The second-order valence-electron chi connectivity index (χ2n) is 5.65. The van der Waals surface area contributed by atoms with Crippen LogP contribution in [0.15, 0.2) is 54.6 Å². The van der Waals surface area contributed by atoms with Gasteiger partial charge in [0.1, 0.15) is 0 Å². The monoisotopic (exact) mass is 267 g/mol. The standard InChI is InChI=1S/C18H21NO/c1-13-8-6-7-11-16(13)18(20)17-12-19(17)14(2)15-9-4-3-5-10-15/h3-11,14,17-18,20H,12H2,1-2H3/t14-,17+,18+,19?/m1/s1. The Kier molecular flexibility index (Phi) is 3.60. The maximum Gasteiger partial charge on any atom is 0.0960 e. The van der Waals surface area contributed by atoms with Crippen molar-refractivity contribution in [2.45, 2.75) is 32.0 Å². The highest BCUT2D eigenvalue weighted by Crippen LogP contribution is 2.39. The van der Waals surface area contributed by atoms with Gasteiger partial charge >= 0.3 is 0 Å². The van der Waals surface area contributed by atoms with Crippen molar-refractivity contribution in [3.8, 4) is 0 Å². The molecule has 0 saturated carbocycles. The van der Waals surface area contributed by atoms with Crippen LogP contribution in [-0.2, 0) is 0 Å². The maximum absolute atomic E-state index is 10.6. The largest absolute Gasteiger partial charge is 0.387 e. The number of benzene rings is 2. The lowest BCUT2D eigenvalue weighted by Gasteiger charge is -2.18. The summed E-state index contributed by atoms with van der Waals surface area (Å²) in [6.45, 7) is 5.23. The molecule has 1 aliphatic rings. The molecule has 1 aliphatic heterocycles. The molecular weight excluding hydrogens is 246 g/mol. The van der Waals surface area contributed by atoms with Gasteiger partial charge in [-0.1, -0.05) is 54.6 Å². The number of aliphatic hydroxyl groups is 1. The topological polar surface area (TPSA) is 23.2 Å². The van der Waals surface area contributed by atoms with Crippen LogP contribution < -0.4 is 0 Å². The minimum absolute atomic E-state index is 0.242. The van der Waals surface area contributed by atoms with Gasteiger partial charge in [0.15, 0.2) is 0 Å². The van der Waals surface area contributed by atoms with E-state index >= 15 is 0 Å². The Morgan fingerprint density at radius 2 is 1.70 bits per heavy atom. The number of nitrogens with zero attached hydrogens (tertiary/aromatic N) is 1. The summed E-state index contributed by atoms with van der Waals surface area (Å²) in [5.74, 6) is 0. The molecule has 0 amide bonds. The van der Waals surface area contributed by atoms with Crippen molar-refractivity contribution in [1.29, 1.82) is 0 Å². The van der Waals surface area contributed by atoms with Gasteiger partial charge in [-0.25, -0.2) is 0 Å². The van der Waals surface area contributed by atoms with Crippen molar-refractivity contribution in [2.24, 2.45) is 0 Å². The zero-order valence-electron chi connectivity index (χ0n) is 12.0. The molecule has 1 N–H and O–H groups in total. The Hall–Kier alpha value is -1.64. The van der Waals surface area contributed by atoms with Crippen LogP contribution in [0.5, 0.6) is 0 Å². The van der Waals surface area contributed by atoms with E-state index in [9.17, 15) is 5.11 Å². The SMILES string of the molecule is Cc1ccccc1[C@H](O)[C@@H]1CN1[C@H](C)c1ccccc1. The quantitative estimate of drug-likeness (QED) is 0.857. The normalized spacial score (nSPS) is 24.1. The van der Waals surface area contributed by atoms with Crippen molar-refractivity contribution in [3.63, 3.8) is 0 Å². The first kappa shape index (κ1) is 13.3. The average molecular weight is 267 g/mol. The van der Waals surface area contributed by atoms with E-state index in [4.69, 9.17) is 0 Å². The minimum Gasteiger partial charge on any atom is -0.387 e. The van der Waals surface area contributed by atoms with Crippen LogP contribution >= 0.6 is 0 Å². The highest BCUT2D eigenvalue weighted by Gasteiger charge is 2.43. The third kappa shape index (κ3) is 2.49. The molecule has 0 bridgehead atoms. The molecule has 104 valence electrons. The van der Waals surface area contributed by atoms with Gasteiger partial charge in [0.05, 0.1) is 12.1 Å². The third-order valence-corrected chi connectivity index (χ3v) is 4.34. The van der Waals surface area contributed by atoms with Gasteiger partial charge in [-0.2, -0.15) is 0 Å². The number of rotatable bonds is 4. The van der Waals surface area contributed by atoms with Crippen LogP contribution in [0.3, 0.4) is 0 Å². The molecule has 20 heavy (non-hydrogen) atoms. The van der Waals surface area contributed by atoms with E-state index in [1.54, 1.807) is 0 Å². The van der Waals surface area contributed by atoms with Gasteiger partial charge in [0.2, 0.25) is 0 Å². The molecule has 3 rings (SSSR count). The lowest BCUT2D eigenvalue weighted by molar-refractivity contribution is 0.150. The second kappa shape index (κ2) is 5.39. The molecule has 1 unspecified atom stereocenters. The van der Waals surface area contributed by atoms with Gasteiger partial charge in [-0.15, -0.1) is 0 Å². The second-order valence-corrected chi connectivity index (χ2v) is 5.65. The summed E-state index contributed by atoms with van der Waals surface area (Å²) in [5.41, 5.74) is 3.53.